The first kappa shape index (κ1) is 18.2. The first-order valence-electron chi connectivity index (χ1n) is 7.75. The minimum atomic E-state index is -4.63. The number of alkyl halides is 3. The Morgan fingerprint density at radius 2 is 1.70 bits per heavy atom. The maximum atomic E-state index is 13.1. The van der Waals surface area contributed by atoms with Gasteiger partial charge >= 0.3 is 6.18 Å². The van der Waals surface area contributed by atoms with Gasteiger partial charge in [0.05, 0.1) is 11.1 Å². The molecule has 0 aliphatic carbocycles. The molecule has 1 aromatic heterocycles. The fourth-order valence-electron chi connectivity index (χ4n) is 2.26. The zero-order chi connectivity index (χ0) is 19.4. The predicted octanol–water partition coefficient (Wildman–Crippen LogP) is 4.28. The van der Waals surface area contributed by atoms with Gasteiger partial charge in [0.1, 0.15) is 11.5 Å². The maximum absolute atomic E-state index is 13.1. The Morgan fingerprint density at radius 3 is 2.37 bits per heavy atom. The molecule has 0 saturated carbocycles. The maximum Gasteiger partial charge on any atom is 0.416 e. The number of para-hydroxylation sites is 1. The molecule has 1 amide bonds. The summed E-state index contributed by atoms with van der Waals surface area (Å²) >= 11 is 0. The molecule has 0 aliphatic rings. The SMILES string of the molecule is O=C(N=c1ccccn1O)c1cc(C(F)(F)F)ccc1Oc1ccccc1. The van der Waals surface area contributed by atoms with Crippen LogP contribution < -0.4 is 10.2 Å². The molecule has 2 aromatic carbocycles. The van der Waals surface area contributed by atoms with Gasteiger partial charge in [0.25, 0.3) is 5.91 Å². The molecule has 0 fully saturated rings. The van der Waals surface area contributed by atoms with E-state index in [-0.39, 0.29) is 16.8 Å². The van der Waals surface area contributed by atoms with E-state index < -0.39 is 17.6 Å². The number of aromatic nitrogens is 1. The highest BCUT2D eigenvalue weighted by Crippen LogP contribution is 2.34. The fraction of sp³-hybridized carbons (Fsp3) is 0.0526. The van der Waals surface area contributed by atoms with Gasteiger partial charge in [-0.15, -0.1) is 0 Å². The van der Waals surface area contributed by atoms with Crippen molar-refractivity contribution in [3.05, 3.63) is 89.5 Å². The number of ether oxygens (including phenoxy) is 1. The first-order valence-corrected chi connectivity index (χ1v) is 7.75. The molecule has 0 spiro atoms. The number of pyridine rings is 1. The fourth-order valence-corrected chi connectivity index (χ4v) is 2.26. The number of benzene rings is 2. The summed E-state index contributed by atoms with van der Waals surface area (Å²) in [5, 5.41) is 9.65. The summed E-state index contributed by atoms with van der Waals surface area (Å²) < 4.78 is 45.3. The quantitative estimate of drug-likeness (QED) is 0.696. The van der Waals surface area contributed by atoms with E-state index >= 15 is 0 Å². The molecule has 0 saturated heterocycles. The van der Waals surface area contributed by atoms with Gasteiger partial charge < -0.3 is 9.94 Å². The second-order valence-electron chi connectivity index (χ2n) is 5.44. The topological polar surface area (TPSA) is 63.8 Å². The van der Waals surface area contributed by atoms with Crippen LogP contribution >= 0.6 is 0 Å². The molecule has 0 aliphatic heterocycles. The van der Waals surface area contributed by atoms with Crippen molar-refractivity contribution in [3.8, 4) is 11.5 Å². The van der Waals surface area contributed by atoms with Crippen molar-refractivity contribution in [2.45, 2.75) is 6.18 Å². The van der Waals surface area contributed by atoms with Gasteiger partial charge in [0.15, 0.2) is 5.49 Å². The highest BCUT2D eigenvalue weighted by Gasteiger charge is 2.32. The van der Waals surface area contributed by atoms with Crippen LogP contribution in [-0.2, 0) is 6.18 Å². The Hall–Kier alpha value is -3.55. The van der Waals surface area contributed by atoms with Crippen LogP contribution in [-0.4, -0.2) is 15.8 Å². The standard InChI is InChI=1S/C19H13F3N2O3/c20-19(21,22)13-9-10-16(27-14-6-2-1-3-7-14)15(12-13)18(25)23-17-8-4-5-11-24(17)26/h1-12,26H. The largest absolute Gasteiger partial charge is 0.457 e. The Kier molecular flexibility index (Phi) is 4.98. The summed E-state index contributed by atoms with van der Waals surface area (Å²) in [5.41, 5.74) is -1.52. The minimum absolute atomic E-state index is 0.0802. The molecule has 5 nitrogen and oxygen atoms in total. The minimum Gasteiger partial charge on any atom is -0.457 e. The molecule has 0 atom stereocenters. The number of carbonyl (C=O) groups is 1. The summed E-state index contributed by atoms with van der Waals surface area (Å²) in [5.74, 6) is -0.715. The van der Waals surface area contributed by atoms with Crippen molar-refractivity contribution in [3.63, 3.8) is 0 Å². The van der Waals surface area contributed by atoms with E-state index in [0.29, 0.717) is 16.5 Å². The lowest BCUT2D eigenvalue weighted by molar-refractivity contribution is -0.137. The molecule has 0 radical (unpaired) electrons. The molecule has 3 aromatic rings. The van der Waals surface area contributed by atoms with Crippen LogP contribution in [0.1, 0.15) is 15.9 Å². The smallest absolute Gasteiger partial charge is 0.416 e. The van der Waals surface area contributed by atoms with Crippen LogP contribution in [0.2, 0.25) is 0 Å². The average Bonchev–Trinajstić information content (AvgIpc) is 2.64. The molecule has 27 heavy (non-hydrogen) atoms. The van der Waals surface area contributed by atoms with Crippen LogP contribution in [0, 0.1) is 0 Å². The molecular formula is C19H13F3N2O3. The zero-order valence-electron chi connectivity index (χ0n) is 13.7. The van der Waals surface area contributed by atoms with E-state index in [1.54, 1.807) is 30.3 Å². The van der Waals surface area contributed by atoms with E-state index in [0.717, 1.165) is 12.1 Å². The molecule has 1 N–H and O–H groups in total. The lowest BCUT2D eigenvalue weighted by Crippen LogP contribution is -2.19. The van der Waals surface area contributed by atoms with Crippen molar-refractivity contribution in [2.75, 3.05) is 0 Å². The number of nitrogens with zero attached hydrogens (tertiary/aromatic N) is 2. The van der Waals surface area contributed by atoms with Gasteiger partial charge in [0, 0.05) is 6.20 Å². The Morgan fingerprint density at radius 1 is 1.00 bits per heavy atom. The van der Waals surface area contributed by atoms with Crippen LogP contribution in [0.25, 0.3) is 0 Å². The average molecular weight is 374 g/mol. The second-order valence-corrected chi connectivity index (χ2v) is 5.44. The number of amides is 1. The second kappa shape index (κ2) is 7.36. The van der Waals surface area contributed by atoms with Crippen LogP contribution in [0.4, 0.5) is 13.2 Å². The monoisotopic (exact) mass is 374 g/mol. The van der Waals surface area contributed by atoms with Crippen LogP contribution in [0.3, 0.4) is 0 Å². The van der Waals surface area contributed by atoms with Crippen molar-refractivity contribution in [1.82, 2.24) is 4.73 Å². The van der Waals surface area contributed by atoms with Gasteiger partial charge in [-0.05, 0) is 42.5 Å². The van der Waals surface area contributed by atoms with Crippen molar-refractivity contribution in [1.29, 1.82) is 0 Å². The van der Waals surface area contributed by atoms with E-state index in [4.69, 9.17) is 4.74 Å². The molecule has 3 rings (SSSR count). The highest BCUT2D eigenvalue weighted by atomic mass is 19.4. The Balaban J connectivity index is 2.08. The molecule has 1 heterocycles. The van der Waals surface area contributed by atoms with Gasteiger partial charge in [-0.1, -0.05) is 24.3 Å². The lowest BCUT2D eigenvalue weighted by Gasteiger charge is -2.12. The van der Waals surface area contributed by atoms with E-state index in [2.05, 4.69) is 4.99 Å². The number of rotatable bonds is 3. The number of hydrogen-bond acceptors (Lipinski definition) is 3. The Labute approximate surface area is 151 Å². The third-order valence-electron chi connectivity index (χ3n) is 3.54. The van der Waals surface area contributed by atoms with Gasteiger partial charge in [0.2, 0.25) is 0 Å². The molecule has 0 bridgehead atoms. The zero-order valence-corrected chi connectivity index (χ0v) is 13.7. The summed E-state index contributed by atoms with van der Waals surface area (Å²) in [4.78, 5) is 16.2. The van der Waals surface area contributed by atoms with Gasteiger partial charge in [-0.3, -0.25) is 4.79 Å². The molecule has 8 heteroatoms. The van der Waals surface area contributed by atoms with Crippen LogP contribution in [0.15, 0.2) is 77.9 Å². The summed E-state index contributed by atoms with van der Waals surface area (Å²) in [6, 6.07) is 15.2. The van der Waals surface area contributed by atoms with E-state index in [9.17, 15) is 23.2 Å². The summed E-state index contributed by atoms with van der Waals surface area (Å²) in [6.45, 7) is 0. The highest BCUT2D eigenvalue weighted by molar-refractivity contribution is 5.98. The summed E-state index contributed by atoms with van der Waals surface area (Å²) in [7, 11) is 0. The normalized spacial score (nSPS) is 12.0. The summed E-state index contributed by atoms with van der Waals surface area (Å²) in [6.07, 6.45) is -3.40. The first-order chi connectivity index (χ1) is 12.8. The van der Waals surface area contributed by atoms with Crippen molar-refractivity contribution >= 4 is 5.91 Å². The van der Waals surface area contributed by atoms with Crippen molar-refractivity contribution < 1.29 is 27.9 Å². The number of carbonyl (C=O) groups excluding carboxylic acids is 1. The molecule has 0 unspecified atom stereocenters. The Bertz CT molecular complexity index is 1030. The number of hydrogen-bond donors (Lipinski definition) is 1. The van der Waals surface area contributed by atoms with E-state index in [1.807, 2.05) is 0 Å². The third kappa shape index (κ3) is 4.35. The van der Waals surface area contributed by atoms with Crippen LogP contribution in [0.5, 0.6) is 11.5 Å². The van der Waals surface area contributed by atoms with Gasteiger partial charge in [-0.2, -0.15) is 22.9 Å². The van der Waals surface area contributed by atoms with Crippen molar-refractivity contribution in [2.24, 2.45) is 4.99 Å². The van der Waals surface area contributed by atoms with E-state index in [1.165, 1.54) is 24.4 Å². The molecule has 138 valence electrons. The predicted molar refractivity (Wildman–Crippen MR) is 89.5 cm³/mol. The lowest BCUT2D eigenvalue weighted by atomic mass is 10.1. The molecular weight excluding hydrogens is 361 g/mol. The number of halogens is 3. The third-order valence-corrected chi connectivity index (χ3v) is 3.54. The van der Waals surface area contributed by atoms with Gasteiger partial charge in [-0.25, -0.2) is 0 Å².